The number of carboxylic acids is 1. The zero-order chi connectivity index (χ0) is 32.1. The van der Waals surface area contributed by atoms with Crippen molar-refractivity contribution >= 4 is 23.5 Å². The molecule has 2 aromatic rings. The molecular weight excluding hydrogens is 573 g/mol. The number of carbonyl (C=O) groups excluding carboxylic acids is 2. The normalized spacial score (nSPS) is 19.6. The first-order chi connectivity index (χ1) is 20.7. The van der Waals surface area contributed by atoms with Gasteiger partial charge in [0.05, 0.1) is 18.6 Å². The minimum Gasteiger partial charge on any atom is -0.493 e. The maximum atomic E-state index is 13.9. The molecule has 0 radical (unpaired) electrons. The molecule has 0 spiro atoms. The van der Waals surface area contributed by atoms with Crippen molar-refractivity contribution in [2.75, 3.05) is 18.5 Å². The number of halogens is 3. The quantitative estimate of drug-likeness (QED) is 0.231. The van der Waals surface area contributed by atoms with E-state index in [1.807, 2.05) is 0 Å². The summed E-state index contributed by atoms with van der Waals surface area (Å²) in [6.07, 6.45) is 1.08. The zero-order valence-corrected chi connectivity index (χ0v) is 25.6. The summed E-state index contributed by atoms with van der Waals surface area (Å²) >= 11 is 0. The molecule has 2 aliphatic rings. The van der Waals surface area contributed by atoms with E-state index in [1.54, 1.807) is 24.3 Å². The van der Waals surface area contributed by atoms with Crippen LogP contribution < -0.4 is 15.4 Å². The van der Waals surface area contributed by atoms with Crippen LogP contribution in [0.2, 0.25) is 0 Å². The van der Waals surface area contributed by atoms with Crippen molar-refractivity contribution in [2.45, 2.75) is 78.3 Å². The monoisotopic (exact) mass is 616 g/mol. The highest BCUT2D eigenvalue weighted by molar-refractivity contribution is 5.95. The molecule has 7 nitrogen and oxygen atoms in total. The van der Waals surface area contributed by atoms with E-state index in [9.17, 15) is 27.6 Å². The summed E-state index contributed by atoms with van der Waals surface area (Å²) in [6, 6.07) is 10.5. The van der Waals surface area contributed by atoms with Crippen molar-refractivity contribution in [3.8, 4) is 5.75 Å². The molecule has 0 aromatic heterocycles. The molecule has 2 amide bonds. The summed E-state index contributed by atoms with van der Waals surface area (Å²) in [4.78, 5) is 36.9. The van der Waals surface area contributed by atoms with Crippen LogP contribution in [-0.4, -0.2) is 36.0 Å². The number of alkyl halides is 3. The van der Waals surface area contributed by atoms with Crippen molar-refractivity contribution in [3.63, 3.8) is 0 Å². The predicted molar refractivity (Wildman–Crippen MR) is 161 cm³/mol. The van der Waals surface area contributed by atoms with Gasteiger partial charge in [0, 0.05) is 23.7 Å². The molecule has 0 heterocycles. The molecule has 1 unspecified atom stereocenters. The Labute approximate surface area is 256 Å². The number of hydrogen-bond acceptors (Lipinski definition) is 4. The predicted octanol–water partition coefficient (Wildman–Crippen LogP) is 7.35. The van der Waals surface area contributed by atoms with Gasteiger partial charge in [0.25, 0.3) is 5.91 Å². The first kappa shape index (κ1) is 33.3. The van der Waals surface area contributed by atoms with Gasteiger partial charge in [-0.2, -0.15) is 13.2 Å². The molecule has 0 saturated heterocycles. The van der Waals surface area contributed by atoms with Gasteiger partial charge in [0.1, 0.15) is 5.75 Å². The molecule has 0 bridgehead atoms. The van der Waals surface area contributed by atoms with E-state index >= 15 is 0 Å². The molecule has 2 saturated carbocycles. The summed E-state index contributed by atoms with van der Waals surface area (Å²) in [5.41, 5.74) is 0.513. The lowest BCUT2D eigenvalue weighted by atomic mass is 9.66. The standard InChI is InChI=1S/C34H43F3N2O5/c1-33(2,3)25-12-10-23(11-13-25)27(18-21-6-8-24(9-7-21)31(42)38-17-16-30(40)41)32(43)39-26-14-15-29(44-20-22-4-5-22)28(19-26)34(35,36)37/h6-9,14-15,19,22-23,25,27H,4-5,10-13,16-18,20H2,1-3H3,(H,38,42)(H,39,43)(H,40,41). The molecule has 10 heteroatoms. The van der Waals surface area contributed by atoms with Gasteiger partial charge in [-0.1, -0.05) is 32.9 Å². The average molecular weight is 617 g/mol. The van der Waals surface area contributed by atoms with Crippen LogP contribution >= 0.6 is 0 Å². The summed E-state index contributed by atoms with van der Waals surface area (Å²) in [7, 11) is 0. The molecular formula is C34H43F3N2O5. The van der Waals surface area contributed by atoms with Crippen LogP contribution in [0.4, 0.5) is 18.9 Å². The molecule has 1 atom stereocenters. The molecule has 44 heavy (non-hydrogen) atoms. The third kappa shape index (κ3) is 9.47. The zero-order valence-electron chi connectivity index (χ0n) is 25.6. The SMILES string of the molecule is CC(C)(C)C1CCC(C(Cc2ccc(C(=O)NCCC(=O)O)cc2)C(=O)Nc2ccc(OCC3CC3)c(C(F)(F)F)c2)CC1. The van der Waals surface area contributed by atoms with Crippen LogP contribution in [0.3, 0.4) is 0 Å². The number of anilines is 1. The Kier molecular flexibility index (Phi) is 10.6. The fourth-order valence-corrected chi connectivity index (χ4v) is 5.97. The van der Waals surface area contributed by atoms with Gasteiger partial charge in [0.2, 0.25) is 5.91 Å². The van der Waals surface area contributed by atoms with Crippen LogP contribution in [0.25, 0.3) is 0 Å². The maximum Gasteiger partial charge on any atom is 0.420 e. The Hall–Kier alpha value is -3.56. The van der Waals surface area contributed by atoms with Gasteiger partial charge in [-0.25, -0.2) is 0 Å². The van der Waals surface area contributed by atoms with Gasteiger partial charge in [0.15, 0.2) is 0 Å². The lowest BCUT2D eigenvalue weighted by Gasteiger charge is -2.39. The van der Waals surface area contributed by atoms with Crippen LogP contribution in [0.5, 0.6) is 5.75 Å². The van der Waals surface area contributed by atoms with E-state index in [1.165, 1.54) is 12.1 Å². The highest BCUT2D eigenvalue weighted by Crippen LogP contribution is 2.43. The number of hydrogen-bond donors (Lipinski definition) is 3. The Morgan fingerprint density at radius 1 is 0.955 bits per heavy atom. The van der Waals surface area contributed by atoms with Crippen LogP contribution in [0.1, 0.15) is 87.2 Å². The molecule has 2 aliphatic carbocycles. The highest BCUT2D eigenvalue weighted by atomic mass is 19.4. The molecule has 0 aliphatic heterocycles. The summed E-state index contributed by atoms with van der Waals surface area (Å²) in [5.74, 6) is -1.57. The molecule has 2 aromatic carbocycles. The average Bonchev–Trinajstić information content (AvgIpc) is 3.79. The van der Waals surface area contributed by atoms with Crippen molar-refractivity contribution in [1.82, 2.24) is 5.32 Å². The number of carboxylic acid groups (broad SMARTS) is 1. The third-order valence-corrected chi connectivity index (χ3v) is 8.92. The van der Waals surface area contributed by atoms with E-state index in [2.05, 4.69) is 31.4 Å². The second kappa shape index (κ2) is 14.0. The molecule has 4 rings (SSSR count). The van der Waals surface area contributed by atoms with E-state index in [4.69, 9.17) is 9.84 Å². The fourth-order valence-electron chi connectivity index (χ4n) is 5.97. The van der Waals surface area contributed by atoms with E-state index in [0.717, 1.165) is 50.2 Å². The lowest BCUT2D eigenvalue weighted by molar-refractivity contribution is -0.139. The van der Waals surface area contributed by atoms with E-state index < -0.39 is 29.5 Å². The largest absolute Gasteiger partial charge is 0.493 e. The number of ether oxygens (including phenoxy) is 1. The Bertz CT molecular complexity index is 1310. The van der Waals surface area contributed by atoms with Gasteiger partial charge >= 0.3 is 12.1 Å². The molecule has 240 valence electrons. The van der Waals surface area contributed by atoms with Gasteiger partial charge in [-0.05, 0) is 104 Å². The van der Waals surface area contributed by atoms with Crippen molar-refractivity contribution in [1.29, 1.82) is 0 Å². The van der Waals surface area contributed by atoms with Crippen LogP contribution in [0, 0.1) is 29.1 Å². The van der Waals surface area contributed by atoms with E-state index in [-0.39, 0.29) is 48.2 Å². The number of benzene rings is 2. The smallest absolute Gasteiger partial charge is 0.420 e. The topological polar surface area (TPSA) is 105 Å². The number of rotatable bonds is 12. The molecule has 3 N–H and O–H groups in total. The summed E-state index contributed by atoms with van der Waals surface area (Å²) < 4.78 is 47.2. The Balaban J connectivity index is 1.50. The van der Waals surface area contributed by atoms with Gasteiger partial charge in [-0.3, -0.25) is 14.4 Å². The number of amides is 2. The van der Waals surface area contributed by atoms with Crippen LogP contribution in [-0.2, 0) is 22.2 Å². The van der Waals surface area contributed by atoms with E-state index in [0.29, 0.717) is 23.8 Å². The number of nitrogens with one attached hydrogen (secondary N) is 2. The van der Waals surface area contributed by atoms with Crippen molar-refractivity contribution < 1.29 is 37.4 Å². The molecule has 2 fully saturated rings. The highest BCUT2D eigenvalue weighted by Gasteiger charge is 2.38. The summed E-state index contributed by atoms with van der Waals surface area (Å²) in [5, 5.41) is 14.1. The van der Waals surface area contributed by atoms with Gasteiger partial charge < -0.3 is 20.5 Å². The first-order valence-electron chi connectivity index (χ1n) is 15.4. The Morgan fingerprint density at radius 2 is 1.61 bits per heavy atom. The maximum absolute atomic E-state index is 13.9. The minimum atomic E-state index is -4.63. The third-order valence-electron chi connectivity index (χ3n) is 8.92. The fraction of sp³-hybridized carbons (Fsp3) is 0.559. The first-order valence-corrected chi connectivity index (χ1v) is 15.4. The Morgan fingerprint density at radius 3 is 2.18 bits per heavy atom. The second-order valence-corrected chi connectivity index (χ2v) is 13.3. The van der Waals surface area contributed by atoms with Crippen LogP contribution in [0.15, 0.2) is 42.5 Å². The van der Waals surface area contributed by atoms with Crippen molar-refractivity contribution in [3.05, 3.63) is 59.2 Å². The minimum absolute atomic E-state index is 0.0130. The number of aliphatic carboxylic acids is 1. The van der Waals surface area contributed by atoms with Crippen molar-refractivity contribution in [2.24, 2.45) is 29.1 Å². The lowest BCUT2D eigenvalue weighted by Crippen LogP contribution is -2.35. The number of carbonyl (C=O) groups is 3. The van der Waals surface area contributed by atoms with Gasteiger partial charge in [-0.15, -0.1) is 0 Å². The second-order valence-electron chi connectivity index (χ2n) is 13.3. The summed E-state index contributed by atoms with van der Waals surface area (Å²) in [6.45, 7) is 6.92.